The molecule has 2 aliphatic heterocycles. The maximum atomic E-state index is 11.7. The van der Waals surface area contributed by atoms with Gasteiger partial charge in [-0.15, -0.1) is 0 Å². The summed E-state index contributed by atoms with van der Waals surface area (Å²) in [4.78, 5) is 38.7. The number of piperidine rings is 1. The third-order valence-corrected chi connectivity index (χ3v) is 3.79. The van der Waals surface area contributed by atoms with E-state index in [9.17, 15) is 14.4 Å². The molecule has 2 rings (SSSR count). The minimum Gasteiger partial charge on any atom is -0.337 e. The normalized spacial score (nSPS) is 26.8. The van der Waals surface area contributed by atoms with Crippen molar-refractivity contribution in [2.24, 2.45) is 10.9 Å². The molecule has 0 atom stereocenters. The van der Waals surface area contributed by atoms with Gasteiger partial charge in [0, 0.05) is 19.1 Å². The van der Waals surface area contributed by atoms with Gasteiger partial charge in [-0.25, -0.2) is 4.79 Å². The lowest BCUT2D eigenvalue weighted by Gasteiger charge is -2.41. The summed E-state index contributed by atoms with van der Waals surface area (Å²) in [5, 5.41) is 6.48. The van der Waals surface area contributed by atoms with Crippen LogP contribution in [-0.4, -0.2) is 41.2 Å². The molecular formula is C14H23N4O3+. The van der Waals surface area contributed by atoms with Gasteiger partial charge in [0.25, 0.3) is 0 Å². The largest absolute Gasteiger partial charge is 0.337 e. The summed E-state index contributed by atoms with van der Waals surface area (Å²) < 4.78 is 0. The molecule has 0 bridgehead atoms. The molecule has 4 N–H and O–H groups in total. The van der Waals surface area contributed by atoms with Crippen molar-refractivity contribution in [3.8, 4) is 0 Å². The Balaban J connectivity index is 2.08. The molecule has 0 aromatic heterocycles. The average molecular weight is 295 g/mol. The van der Waals surface area contributed by atoms with Gasteiger partial charge >= 0.3 is 6.03 Å². The highest BCUT2D eigenvalue weighted by molar-refractivity contribution is 6.23. The van der Waals surface area contributed by atoms with E-state index in [1.54, 1.807) is 0 Å². The first kappa shape index (κ1) is 15.6. The first-order valence-electron chi connectivity index (χ1n) is 7.14. The quantitative estimate of drug-likeness (QED) is 0.464. The smallest absolute Gasteiger partial charge is 0.328 e. The number of nitrogens with one attached hydrogen (secondary N) is 2. The van der Waals surface area contributed by atoms with E-state index in [0.29, 0.717) is 0 Å². The molecule has 21 heavy (non-hydrogen) atoms. The third kappa shape index (κ3) is 3.87. The van der Waals surface area contributed by atoms with Crippen LogP contribution in [-0.2, 0) is 9.59 Å². The predicted molar refractivity (Wildman–Crippen MR) is 76.8 cm³/mol. The van der Waals surface area contributed by atoms with E-state index in [2.05, 4.69) is 48.6 Å². The predicted octanol–water partition coefficient (Wildman–Crippen LogP) is -0.678. The van der Waals surface area contributed by atoms with E-state index in [0.717, 1.165) is 12.8 Å². The topological polar surface area (TPSA) is 104 Å². The summed E-state index contributed by atoms with van der Waals surface area (Å²) in [7, 11) is 0. The average Bonchev–Trinajstić information content (AvgIpc) is 2.22. The van der Waals surface area contributed by atoms with Gasteiger partial charge in [0.15, 0.2) is 5.92 Å². The van der Waals surface area contributed by atoms with Crippen LogP contribution in [0.3, 0.4) is 0 Å². The SMILES string of the molecule is CC1(C)CC(N=CC2C(=O)NC(=O)NC2=O)CC(C)(C)[NH2+]1. The molecule has 0 unspecified atom stereocenters. The number of nitrogens with two attached hydrogens (primary N) is 1. The molecule has 2 heterocycles. The van der Waals surface area contributed by atoms with Crippen molar-refractivity contribution in [1.82, 2.24) is 10.6 Å². The molecule has 116 valence electrons. The number of carbonyl (C=O) groups excluding carboxylic acids is 3. The molecular weight excluding hydrogens is 272 g/mol. The number of urea groups is 1. The zero-order valence-electron chi connectivity index (χ0n) is 12.9. The minimum atomic E-state index is -1.03. The van der Waals surface area contributed by atoms with E-state index >= 15 is 0 Å². The molecule has 0 aromatic carbocycles. The lowest BCUT2D eigenvalue weighted by Crippen LogP contribution is -3.05. The maximum Gasteiger partial charge on any atom is 0.328 e. The second-order valence-electron chi connectivity index (χ2n) is 7.27. The zero-order valence-corrected chi connectivity index (χ0v) is 12.9. The van der Waals surface area contributed by atoms with Crippen LogP contribution in [0.4, 0.5) is 4.79 Å². The summed E-state index contributed by atoms with van der Waals surface area (Å²) in [6, 6.07) is -0.706. The summed E-state index contributed by atoms with van der Waals surface area (Å²) >= 11 is 0. The van der Waals surface area contributed by atoms with Crippen LogP contribution in [0.15, 0.2) is 4.99 Å². The number of rotatable bonds is 2. The molecule has 4 amide bonds. The number of hydrogen-bond donors (Lipinski definition) is 3. The van der Waals surface area contributed by atoms with Gasteiger partial charge in [-0.3, -0.25) is 25.2 Å². The summed E-state index contributed by atoms with van der Waals surface area (Å²) in [6.45, 7) is 8.65. The summed E-state index contributed by atoms with van der Waals surface area (Å²) in [5.41, 5.74) is 0.133. The first-order chi connectivity index (χ1) is 9.58. The van der Waals surface area contributed by atoms with Crippen LogP contribution in [0.5, 0.6) is 0 Å². The van der Waals surface area contributed by atoms with Crippen molar-refractivity contribution in [2.75, 3.05) is 0 Å². The number of quaternary nitrogens is 1. The number of barbiturate groups is 1. The van der Waals surface area contributed by atoms with Gasteiger partial charge in [-0.2, -0.15) is 0 Å². The van der Waals surface area contributed by atoms with Crippen molar-refractivity contribution in [3.05, 3.63) is 0 Å². The van der Waals surface area contributed by atoms with Gasteiger partial charge in [-0.1, -0.05) is 0 Å². The van der Waals surface area contributed by atoms with Crippen molar-refractivity contribution >= 4 is 24.1 Å². The Labute approximate surface area is 124 Å². The molecule has 2 fully saturated rings. The second kappa shape index (κ2) is 5.22. The molecule has 0 aromatic rings. The van der Waals surface area contributed by atoms with Crippen molar-refractivity contribution in [1.29, 1.82) is 0 Å². The van der Waals surface area contributed by atoms with Crippen LogP contribution < -0.4 is 16.0 Å². The van der Waals surface area contributed by atoms with Crippen molar-refractivity contribution in [3.63, 3.8) is 0 Å². The zero-order chi connectivity index (χ0) is 15.8. The molecule has 7 heteroatoms. The summed E-state index contributed by atoms with van der Waals surface area (Å²) in [5.74, 6) is -2.26. The van der Waals surface area contributed by atoms with Crippen LogP contribution in [0.2, 0.25) is 0 Å². The molecule has 0 saturated carbocycles. The highest BCUT2D eigenvalue weighted by atomic mass is 16.2. The van der Waals surface area contributed by atoms with Crippen LogP contribution in [0, 0.1) is 5.92 Å². The van der Waals surface area contributed by atoms with Gasteiger partial charge in [0.05, 0.1) is 17.1 Å². The van der Waals surface area contributed by atoms with Crippen molar-refractivity contribution in [2.45, 2.75) is 57.7 Å². The van der Waals surface area contributed by atoms with E-state index < -0.39 is 23.8 Å². The monoisotopic (exact) mass is 295 g/mol. The minimum absolute atomic E-state index is 0.0663. The van der Waals surface area contributed by atoms with Gasteiger partial charge < -0.3 is 5.32 Å². The Hall–Kier alpha value is -1.76. The van der Waals surface area contributed by atoms with Crippen molar-refractivity contribution < 1.29 is 19.7 Å². The standard InChI is InChI=1S/C14H22N4O3/c1-13(2)5-8(6-14(3,4)18-13)15-7-9-10(19)16-12(21)17-11(9)20/h7-9,18H,5-6H2,1-4H3,(H2,16,17,19,20,21)/p+1. The Morgan fingerprint density at radius 1 is 1.05 bits per heavy atom. The van der Waals surface area contributed by atoms with E-state index in [-0.39, 0.29) is 17.1 Å². The van der Waals surface area contributed by atoms with Gasteiger partial charge in [-0.05, 0) is 27.7 Å². The second-order valence-corrected chi connectivity index (χ2v) is 7.27. The highest BCUT2D eigenvalue weighted by Gasteiger charge is 2.42. The van der Waals surface area contributed by atoms with Crippen LogP contribution in [0.25, 0.3) is 0 Å². The lowest BCUT2D eigenvalue weighted by atomic mass is 9.80. The number of aliphatic imine (C=N–C) groups is 1. The Bertz CT molecular complexity index is 474. The molecule has 2 saturated heterocycles. The maximum absolute atomic E-state index is 11.7. The lowest BCUT2D eigenvalue weighted by molar-refractivity contribution is -0.787. The molecule has 2 aliphatic rings. The summed E-state index contributed by atoms with van der Waals surface area (Å²) in [6.07, 6.45) is 3.13. The fourth-order valence-corrected chi connectivity index (χ4v) is 3.44. The van der Waals surface area contributed by atoms with Gasteiger partial charge in [0.1, 0.15) is 0 Å². The Kier molecular flexibility index (Phi) is 3.88. The van der Waals surface area contributed by atoms with Gasteiger partial charge in [0.2, 0.25) is 11.8 Å². The number of amides is 4. The fourth-order valence-electron chi connectivity index (χ4n) is 3.44. The Morgan fingerprint density at radius 2 is 1.52 bits per heavy atom. The Morgan fingerprint density at radius 3 is 2.00 bits per heavy atom. The molecule has 0 radical (unpaired) electrons. The van der Waals surface area contributed by atoms with Crippen LogP contribution in [0.1, 0.15) is 40.5 Å². The van der Waals surface area contributed by atoms with Crippen LogP contribution >= 0.6 is 0 Å². The van der Waals surface area contributed by atoms with E-state index in [4.69, 9.17) is 0 Å². The fraction of sp³-hybridized carbons (Fsp3) is 0.714. The molecule has 7 nitrogen and oxygen atoms in total. The number of hydrogen-bond acceptors (Lipinski definition) is 4. The third-order valence-electron chi connectivity index (χ3n) is 3.79. The molecule has 0 aliphatic carbocycles. The first-order valence-corrected chi connectivity index (χ1v) is 7.14. The number of carbonyl (C=O) groups is 3. The van der Waals surface area contributed by atoms with E-state index in [1.807, 2.05) is 0 Å². The molecule has 0 spiro atoms. The highest BCUT2D eigenvalue weighted by Crippen LogP contribution is 2.24. The number of imide groups is 2. The van der Waals surface area contributed by atoms with E-state index in [1.165, 1.54) is 6.21 Å². The number of nitrogens with zero attached hydrogens (tertiary/aromatic N) is 1.